The maximum atomic E-state index is 11.8. The van der Waals surface area contributed by atoms with Crippen LogP contribution in [0, 0.1) is 6.92 Å². The zero-order chi connectivity index (χ0) is 15.1. The summed E-state index contributed by atoms with van der Waals surface area (Å²) in [4.78, 5) is 11.8. The van der Waals surface area contributed by atoms with E-state index in [0.29, 0.717) is 18.0 Å². The van der Waals surface area contributed by atoms with Crippen LogP contribution < -0.4 is 15.4 Å². The number of nitrogens with one attached hydrogen (secondary N) is 2. The van der Waals surface area contributed by atoms with E-state index in [1.165, 1.54) is 0 Å². The van der Waals surface area contributed by atoms with E-state index >= 15 is 0 Å². The Labute approximate surface area is 125 Å². The van der Waals surface area contributed by atoms with Gasteiger partial charge in [-0.25, -0.2) is 4.79 Å². The molecule has 0 saturated heterocycles. The van der Waals surface area contributed by atoms with Crippen molar-refractivity contribution in [3.8, 4) is 11.5 Å². The first-order valence-corrected chi connectivity index (χ1v) is 7.07. The lowest BCUT2D eigenvalue weighted by molar-refractivity contribution is 0.252. The molecule has 0 aromatic heterocycles. The van der Waals surface area contributed by atoms with Crippen LogP contribution >= 0.6 is 0 Å². The number of rotatable bonds is 5. The number of anilines is 1. The standard InChI is InChI=1S/C17H20N2O2/c1-3-11-18-17(20)19-15-9-4-5-10-16(15)21-14-8-6-7-13(2)12-14/h4-10,12H,3,11H2,1-2H3,(H2,18,19,20). The summed E-state index contributed by atoms with van der Waals surface area (Å²) in [6.45, 7) is 4.66. The average Bonchev–Trinajstić information content (AvgIpc) is 2.47. The number of hydrogen-bond donors (Lipinski definition) is 2. The van der Waals surface area contributed by atoms with E-state index in [4.69, 9.17) is 4.74 Å². The first-order valence-electron chi connectivity index (χ1n) is 7.07. The number of hydrogen-bond acceptors (Lipinski definition) is 2. The molecule has 4 heteroatoms. The second-order valence-corrected chi connectivity index (χ2v) is 4.80. The van der Waals surface area contributed by atoms with Crippen molar-refractivity contribution in [1.29, 1.82) is 0 Å². The Balaban J connectivity index is 2.11. The highest BCUT2D eigenvalue weighted by atomic mass is 16.5. The summed E-state index contributed by atoms with van der Waals surface area (Å²) in [5, 5.41) is 5.58. The summed E-state index contributed by atoms with van der Waals surface area (Å²) >= 11 is 0. The van der Waals surface area contributed by atoms with Crippen molar-refractivity contribution < 1.29 is 9.53 Å². The minimum Gasteiger partial charge on any atom is -0.455 e. The SMILES string of the molecule is CCCNC(=O)Nc1ccccc1Oc1cccc(C)c1. The first kappa shape index (κ1) is 14.9. The van der Waals surface area contributed by atoms with Gasteiger partial charge in [0.15, 0.2) is 5.75 Å². The molecule has 0 radical (unpaired) electrons. The fourth-order valence-electron chi connectivity index (χ4n) is 1.87. The molecule has 2 N–H and O–H groups in total. The van der Waals surface area contributed by atoms with E-state index in [1.807, 2.05) is 62.4 Å². The highest BCUT2D eigenvalue weighted by Crippen LogP contribution is 2.29. The zero-order valence-electron chi connectivity index (χ0n) is 12.3. The van der Waals surface area contributed by atoms with Gasteiger partial charge in [-0.3, -0.25) is 0 Å². The van der Waals surface area contributed by atoms with Crippen LogP contribution in [0.2, 0.25) is 0 Å². The topological polar surface area (TPSA) is 50.4 Å². The van der Waals surface area contributed by atoms with Gasteiger partial charge in [-0.2, -0.15) is 0 Å². The Morgan fingerprint density at radius 3 is 2.71 bits per heavy atom. The summed E-state index contributed by atoms with van der Waals surface area (Å²) < 4.78 is 5.85. The molecule has 0 atom stereocenters. The van der Waals surface area contributed by atoms with Gasteiger partial charge in [0.1, 0.15) is 5.75 Å². The molecule has 0 heterocycles. The average molecular weight is 284 g/mol. The maximum absolute atomic E-state index is 11.8. The lowest BCUT2D eigenvalue weighted by Crippen LogP contribution is -2.29. The third kappa shape index (κ3) is 4.53. The molecule has 2 aromatic carbocycles. The van der Waals surface area contributed by atoms with Crippen LogP contribution in [0.3, 0.4) is 0 Å². The lowest BCUT2D eigenvalue weighted by atomic mass is 10.2. The number of benzene rings is 2. The van der Waals surface area contributed by atoms with Crippen molar-refractivity contribution in [1.82, 2.24) is 5.32 Å². The van der Waals surface area contributed by atoms with Gasteiger partial charge in [0, 0.05) is 6.54 Å². The molecule has 2 aromatic rings. The van der Waals surface area contributed by atoms with Gasteiger partial charge in [-0.05, 0) is 43.2 Å². The maximum Gasteiger partial charge on any atom is 0.319 e. The molecule has 0 aliphatic carbocycles. The van der Waals surface area contributed by atoms with E-state index in [1.54, 1.807) is 0 Å². The number of urea groups is 1. The van der Waals surface area contributed by atoms with Crippen LogP contribution in [-0.2, 0) is 0 Å². The van der Waals surface area contributed by atoms with Crippen molar-refractivity contribution in [2.24, 2.45) is 0 Å². The minimum atomic E-state index is -0.225. The molecular weight excluding hydrogens is 264 g/mol. The van der Waals surface area contributed by atoms with Crippen LogP contribution in [0.4, 0.5) is 10.5 Å². The molecule has 0 fully saturated rings. The number of carbonyl (C=O) groups is 1. The molecule has 0 spiro atoms. The summed E-state index contributed by atoms with van der Waals surface area (Å²) in [7, 11) is 0. The Kier molecular flexibility index (Phi) is 5.21. The van der Waals surface area contributed by atoms with Gasteiger partial charge in [0.2, 0.25) is 0 Å². The molecule has 0 aliphatic rings. The van der Waals surface area contributed by atoms with Crippen LogP contribution in [-0.4, -0.2) is 12.6 Å². The van der Waals surface area contributed by atoms with E-state index in [0.717, 1.165) is 17.7 Å². The van der Waals surface area contributed by atoms with Crippen molar-refractivity contribution in [2.45, 2.75) is 20.3 Å². The van der Waals surface area contributed by atoms with Crippen LogP contribution in [0.25, 0.3) is 0 Å². The highest BCUT2D eigenvalue weighted by Gasteiger charge is 2.07. The third-order valence-electron chi connectivity index (χ3n) is 2.89. The van der Waals surface area contributed by atoms with E-state index in [9.17, 15) is 4.79 Å². The molecule has 0 unspecified atom stereocenters. The van der Waals surface area contributed by atoms with Crippen LogP contribution in [0.15, 0.2) is 48.5 Å². The van der Waals surface area contributed by atoms with Crippen molar-refractivity contribution in [2.75, 3.05) is 11.9 Å². The van der Waals surface area contributed by atoms with Gasteiger partial charge in [-0.15, -0.1) is 0 Å². The Hall–Kier alpha value is -2.49. The van der Waals surface area contributed by atoms with Crippen LogP contribution in [0.1, 0.15) is 18.9 Å². The van der Waals surface area contributed by atoms with E-state index < -0.39 is 0 Å². The predicted octanol–water partition coefficient (Wildman–Crippen LogP) is 4.32. The molecule has 110 valence electrons. The molecular formula is C17H20N2O2. The fraction of sp³-hybridized carbons (Fsp3) is 0.235. The molecule has 21 heavy (non-hydrogen) atoms. The Morgan fingerprint density at radius 2 is 1.95 bits per heavy atom. The molecule has 0 saturated carbocycles. The molecule has 2 amide bonds. The second-order valence-electron chi connectivity index (χ2n) is 4.80. The number of aryl methyl sites for hydroxylation is 1. The van der Waals surface area contributed by atoms with E-state index in [2.05, 4.69) is 10.6 Å². The Bertz CT molecular complexity index is 611. The normalized spacial score (nSPS) is 10.0. The van der Waals surface area contributed by atoms with Gasteiger partial charge < -0.3 is 15.4 Å². The molecule has 0 aliphatic heterocycles. The quantitative estimate of drug-likeness (QED) is 0.859. The molecule has 2 rings (SSSR count). The second kappa shape index (κ2) is 7.33. The summed E-state index contributed by atoms with van der Waals surface area (Å²) in [5.41, 5.74) is 1.77. The summed E-state index contributed by atoms with van der Waals surface area (Å²) in [6, 6.07) is 14.9. The van der Waals surface area contributed by atoms with Crippen LogP contribution in [0.5, 0.6) is 11.5 Å². The van der Waals surface area contributed by atoms with E-state index in [-0.39, 0.29) is 6.03 Å². The third-order valence-corrected chi connectivity index (χ3v) is 2.89. The fourth-order valence-corrected chi connectivity index (χ4v) is 1.87. The number of amides is 2. The molecule has 0 bridgehead atoms. The monoisotopic (exact) mass is 284 g/mol. The zero-order valence-corrected chi connectivity index (χ0v) is 12.3. The van der Waals surface area contributed by atoms with Crippen molar-refractivity contribution in [3.63, 3.8) is 0 Å². The highest BCUT2D eigenvalue weighted by molar-refractivity contribution is 5.90. The summed E-state index contributed by atoms with van der Waals surface area (Å²) in [5.74, 6) is 1.37. The smallest absolute Gasteiger partial charge is 0.319 e. The predicted molar refractivity (Wildman–Crippen MR) is 85.0 cm³/mol. The summed E-state index contributed by atoms with van der Waals surface area (Å²) in [6.07, 6.45) is 0.898. The van der Waals surface area contributed by atoms with Gasteiger partial charge in [-0.1, -0.05) is 31.2 Å². The first-order chi connectivity index (χ1) is 10.2. The van der Waals surface area contributed by atoms with Crippen molar-refractivity contribution in [3.05, 3.63) is 54.1 Å². The van der Waals surface area contributed by atoms with Gasteiger partial charge in [0.05, 0.1) is 5.69 Å². The van der Waals surface area contributed by atoms with Gasteiger partial charge >= 0.3 is 6.03 Å². The van der Waals surface area contributed by atoms with Crippen molar-refractivity contribution >= 4 is 11.7 Å². The minimum absolute atomic E-state index is 0.225. The van der Waals surface area contributed by atoms with Gasteiger partial charge in [0.25, 0.3) is 0 Å². The Morgan fingerprint density at radius 1 is 1.14 bits per heavy atom. The molecule has 4 nitrogen and oxygen atoms in total. The number of para-hydroxylation sites is 2. The number of ether oxygens (including phenoxy) is 1. The largest absolute Gasteiger partial charge is 0.455 e. The number of carbonyl (C=O) groups excluding carboxylic acids is 1. The lowest BCUT2D eigenvalue weighted by Gasteiger charge is -2.13.